The van der Waals surface area contributed by atoms with E-state index >= 15 is 0 Å². The molecule has 7 nitrogen and oxygen atoms in total. The van der Waals surface area contributed by atoms with E-state index in [0.717, 1.165) is 29.1 Å². The SMILES string of the molecule is CCOc1ccc([C@@H]2CCCN2C(=O)CN2C(=O)CN(C)C2=O)cc1. The maximum absolute atomic E-state index is 12.7. The Morgan fingerprint density at radius 1 is 1.24 bits per heavy atom. The molecule has 0 radical (unpaired) electrons. The number of rotatable bonds is 5. The molecule has 0 unspecified atom stereocenters. The van der Waals surface area contributed by atoms with E-state index in [-0.39, 0.29) is 30.9 Å². The normalized spacial score (nSPS) is 20.6. The molecule has 4 amide bonds. The molecule has 0 spiro atoms. The summed E-state index contributed by atoms with van der Waals surface area (Å²) in [6, 6.07) is 7.33. The lowest BCUT2D eigenvalue weighted by Gasteiger charge is -2.27. The van der Waals surface area contributed by atoms with E-state index in [1.165, 1.54) is 4.90 Å². The van der Waals surface area contributed by atoms with Crippen molar-refractivity contribution in [1.29, 1.82) is 0 Å². The predicted octanol–water partition coefficient (Wildman–Crippen LogP) is 1.64. The van der Waals surface area contributed by atoms with E-state index in [4.69, 9.17) is 4.74 Å². The molecule has 134 valence electrons. The van der Waals surface area contributed by atoms with Crippen molar-refractivity contribution in [2.75, 3.05) is 33.3 Å². The lowest BCUT2D eigenvalue weighted by atomic mass is 10.0. The van der Waals surface area contributed by atoms with Crippen LogP contribution in [0.15, 0.2) is 24.3 Å². The first-order valence-electron chi connectivity index (χ1n) is 8.59. The number of carbonyl (C=O) groups is 3. The molecule has 2 aliphatic heterocycles. The summed E-state index contributed by atoms with van der Waals surface area (Å²) in [5.74, 6) is 0.296. The van der Waals surface area contributed by atoms with Gasteiger partial charge in [-0.3, -0.25) is 14.5 Å². The minimum atomic E-state index is -0.407. The molecule has 1 aromatic rings. The van der Waals surface area contributed by atoms with Gasteiger partial charge in [-0.15, -0.1) is 0 Å². The average Bonchev–Trinajstić information content (AvgIpc) is 3.17. The van der Waals surface area contributed by atoms with Crippen molar-refractivity contribution in [3.63, 3.8) is 0 Å². The van der Waals surface area contributed by atoms with E-state index in [2.05, 4.69) is 0 Å². The van der Waals surface area contributed by atoms with Gasteiger partial charge in [0.2, 0.25) is 5.91 Å². The summed E-state index contributed by atoms with van der Waals surface area (Å²) in [4.78, 5) is 40.7. The first kappa shape index (κ1) is 17.3. The van der Waals surface area contributed by atoms with Crippen molar-refractivity contribution in [1.82, 2.24) is 14.7 Å². The highest BCUT2D eigenvalue weighted by Crippen LogP contribution is 2.33. The Morgan fingerprint density at radius 2 is 1.96 bits per heavy atom. The number of likely N-dealkylation sites (tertiary alicyclic amines) is 1. The Kier molecular flexibility index (Phi) is 4.92. The number of carbonyl (C=O) groups excluding carboxylic acids is 3. The van der Waals surface area contributed by atoms with Gasteiger partial charge in [-0.05, 0) is 37.5 Å². The highest BCUT2D eigenvalue weighted by molar-refractivity contribution is 6.04. The van der Waals surface area contributed by atoms with Gasteiger partial charge in [-0.25, -0.2) is 4.79 Å². The Morgan fingerprint density at radius 3 is 2.56 bits per heavy atom. The third kappa shape index (κ3) is 3.45. The molecular formula is C18H23N3O4. The maximum Gasteiger partial charge on any atom is 0.327 e. The van der Waals surface area contributed by atoms with Crippen LogP contribution in [0.25, 0.3) is 0 Å². The van der Waals surface area contributed by atoms with Crippen molar-refractivity contribution >= 4 is 17.8 Å². The van der Waals surface area contributed by atoms with E-state index in [0.29, 0.717) is 13.2 Å². The molecule has 0 aliphatic carbocycles. The van der Waals surface area contributed by atoms with E-state index < -0.39 is 6.03 Å². The van der Waals surface area contributed by atoms with Gasteiger partial charge in [0.15, 0.2) is 0 Å². The van der Waals surface area contributed by atoms with Gasteiger partial charge >= 0.3 is 6.03 Å². The van der Waals surface area contributed by atoms with E-state index in [1.54, 1.807) is 11.9 Å². The molecule has 0 N–H and O–H groups in total. The standard InChI is InChI=1S/C18H23N3O4/c1-3-25-14-8-6-13(7-9-14)15-5-4-10-20(15)17(23)12-21-16(22)11-19(2)18(21)24/h6-9,15H,3-5,10-12H2,1-2H3/t15-/m0/s1. The van der Waals surface area contributed by atoms with E-state index in [9.17, 15) is 14.4 Å². The van der Waals surface area contributed by atoms with Crippen LogP contribution in [0.4, 0.5) is 4.79 Å². The molecule has 2 aliphatic rings. The maximum atomic E-state index is 12.7. The fraction of sp³-hybridized carbons (Fsp3) is 0.500. The molecule has 2 fully saturated rings. The molecule has 7 heteroatoms. The number of hydrogen-bond donors (Lipinski definition) is 0. The second kappa shape index (κ2) is 7.13. The molecule has 2 saturated heterocycles. The fourth-order valence-electron chi connectivity index (χ4n) is 3.42. The monoisotopic (exact) mass is 345 g/mol. The molecule has 0 saturated carbocycles. The minimum absolute atomic E-state index is 0.0197. The molecule has 1 atom stereocenters. The van der Waals surface area contributed by atoms with Gasteiger partial charge < -0.3 is 14.5 Å². The quantitative estimate of drug-likeness (QED) is 0.761. The van der Waals surface area contributed by atoms with Crippen LogP contribution in [0.3, 0.4) is 0 Å². The van der Waals surface area contributed by atoms with Crippen LogP contribution < -0.4 is 4.74 Å². The number of urea groups is 1. The number of imide groups is 1. The highest BCUT2D eigenvalue weighted by atomic mass is 16.5. The zero-order chi connectivity index (χ0) is 18.0. The van der Waals surface area contributed by atoms with Gasteiger partial charge in [0.05, 0.1) is 12.6 Å². The molecule has 0 bridgehead atoms. The third-order valence-corrected chi connectivity index (χ3v) is 4.67. The number of hydrogen-bond acceptors (Lipinski definition) is 4. The van der Waals surface area contributed by atoms with Gasteiger partial charge in [-0.1, -0.05) is 12.1 Å². The number of benzene rings is 1. The van der Waals surface area contributed by atoms with Crippen LogP contribution in [0, 0.1) is 0 Å². The van der Waals surface area contributed by atoms with Crippen molar-refractivity contribution in [3.8, 4) is 5.75 Å². The third-order valence-electron chi connectivity index (χ3n) is 4.67. The smallest absolute Gasteiger partial charge is 0.327 e. The van der Waals surface area contributed by atoms with Crippen LogP contribution in [-0.4, -0.2) is 65.8 Å². The molecular weight excluding hydrogens is 322 g/mol. The van der Waals surface area contributed by atoms with Crippen LogP contribution in [-0.2, 0) is 9.59 Å². The molecule has 1 aromatic carbocycles. The number of likely N-dealkylation sites (N-methyl/N-ethyl adjacent to an activating group) is 1. The first-order chi connectivity index (χ1) is 12.0. The molecule has 25 heavy (non-hydrogen) atoms. The largest absolute Gasteiger partial charge is 0.494 e. The highest BCUT2D eigenvalue weighted by Gasteiger charge is 2.38. The molecule has 3 rings (SSSR count). The van der Waals surface area contributed by atoms with E-state index in [1.807, 2.05) is 31.2 Å². The Hall–Kier alpha value is -2.57. The van der Waals surface area contributed by atoms with Gasteiger partial charge in [-0.2, -0.15) is 0 Å². The Balaban J connectivity index is 1.69. The summed E-state index contributed by atoms with van der Waals surface area (Å²) in [5, 5.41) is 0. The van der Waals surface area contributed by atoms with Crippen molar-refractivity contribution in [2.45, 2.75) is 25.8 Å². The summed E-state index contributed by atoms with van der Waals surface area (Å²) < 4.78 is 5.45. The minimum Gasteiger partial charge on any atom is -0.494 e. The summed E-state index contributed by atoms with van der Waals surface area (Å²) in [6.07, 6.45) is 1.78. The van der Waals surface area contributed by atoms with Crippen molar-refractivity contribution in [3.05, 3.63) is 29.8 Å². The van der Waals surface area contributed by atoms with Gasteiger partial charge in [0.1, 0.15) is 18.8 Å². The Bertz CT molecular complexity index is 673. The van der Waals surface area contributed by atoms with Crippen molar-refractivity contribution in [2.24, 2.45) is 0 Å². The van der Waals surface area contributed by atoms with Crippen molar-refractivity contribution < 1.29 is 19.1 Å². The van der Waals surface area contributed by atoms with Crippen LogP contribution in [0.2, 0.25) is 0 Å². The summed E-state index contributed by atoms with van der Waals surface area (Å²) >= 11 is 0. The number of amides is 4. The first-order valence-corrected chi connectivity index (χ1v) is 8.59. The second-order valence-electron chi connectivity index (χ2n) is 6.37. The summed E-state index contributed by atoms with van der Waals surface area (Å²) in [7, 11) is 1.56. The fourth-order valence-corrected chi connectivity index (χ4v) is 3.42. The average molecular weight is 345 g/mol. The number of nitrogens with zero attached hydrogens (tertiary/aromatic N) is 3. The molecule has 2 heterocycles. The topological polar surface area (TPSA) is 70.2 Å². The summed E-state index contributed by atoms with van der Waals surface area (Å²) in [5.41, 5.74) is 1.05. The zero-order valence-electron chi connectivity index (χ0n) is 14.6. The summed E-state index contributed by atoms with van der Waals surface area (Å²) in [6.45, 7) is 3.04. The Labute approximate surface area is 147 Å². The van der Waals surface area contributed by atoms with Crippen LogP contribution in [0.1, 0.15) is 31.4 Å². The predicted molar refractivity (Wildman–Crippen MR) is 91.0 cm³/mol. The van der Waals surface area contributed by atoms with Gasteiger partial charge in [0.25, 0.3) is 5.91 Å². The lowest BCUT2D eigenvalue weighted by Crippen LogP contribution is -2.43. The molecule has 0 aromatic heterocycles. The zero-order valence-corrected chi connectivity index (χ0v) is 14.6. The van der Waals surface area contributed by atoms with Gasteiger partial charge in [0, 0.05) is 13.6 Å². The number of ether oxygens (including phenoxy) is 1. The van der Waals surface area contributed by atoms with Crippen LogP contribution >= 0.6 is 0 Å². The second-order valence-corrected chi connectivity index (χ2v) is 6.37. The van der Waals surface area contributed by atoms with Crippen LogP contribution in [0.5, 0.6) is 5.75 Å². The lowest BCUT2D eigenvalue weighted by molar-refractivity contribution is -0.137.